The van der Waals surface area contributed by atoms with Crippen LogP contribution in [0.3, 0.4) is 0 Å². The van der Waals surface area contributed by atoms with E-state index in [1.54, 1.807) is 35.4 Å². The van der Waals surface area contributed by atoms with Crippen molar-refractivity contribution in [3.05, 3.63) is 49.1 Å². The zero-order chi connectivity index (χ0) is 13.5. The lowest BCUT2D eigenvalue weighted by atomic mass is 10.1. The van der Waals surface area contributed by atoms with Gasteiger partial charge in [0.25, 0.3) is 0 Å². The van der Waals surface area contributed by atoms with Crippen LogP contribution in [0.1, 0.15) is 0 Å². The maximum absolute atomic E-state index is 9.40. The number of hydrogen-bond donors (Lipinski definition) is 1. The summed E-state index contributed by atoms with van der Waals surface area (Å²) in [5, 5.41) is 23.7. The van der Waals surface area contributed by atoms with Gasteiger partial charge >= 0.3 is 0 Å². The molecule has 0 saturated heterocycles. The largest absolute Gasteiger partial charge is 0.508 e. The molecule has 6 heteroatoms. The van der Waals surface area contributed by atoms with Crippen LogP contribution in [0.2, 0.25) is 0 Å². The van der Waals surface area contributed by atoms with Gasteiger partial charge in [0.1, 0.15) is 12.1 Å². The average Bonchev–Trinajstić information content (AvgIpc) is 2.96. The first-order valence-corrected chi connectivity index (χ1v) is 6.06. The first-order chi connectivity index (χ1) is 9.83. The van der Waals surface area contributed by atoms with Crippen LogP contribution >= 0.6 is 0 Å². The van der Waals surface area contributed by atoms with Gasteiger partial charge in [0.15, 0.2) is 5.65 Å². The number of aromatic hydroxyl groups is 1. The number of hydrogen-bond acceptors (Lipinski definition) is 5. The molecule has 0 aliphatic heterocycles. The van der Waals surface area contributed by atoms with E-state index in [0.717, 1.165) is 22.0 Å². The standard InChI is InChI=1S/C14H9N5O/c20-10-3-1-9(2-4-10)13-11-5-6-15-7-12(11)14-17-16-8-19(14)18-13/h1-8,20H. The highest BCUT2D eigenvalue weighted by atomic mass is 16.3. The van der Waals surface area contributed by atoms with E-state index in [2.05, 4.69) is 20.3 Å². The van der Waals surface area contributed by atoms with Gasteiger partial charge in [0.2, 0.25) is 0 Å². The lowest BCUT2D eigenvalue weighted by molar-refractivity contribution is 0.475. The smallest absolute Gasteiger partial charge is 0.186 e. The normalized spacial score (nSPS) is 11.2. The summed E-state index contributed by atoms with van der Waals surface area (Å²) in [6.07, 6.45) is 5.04. The maximum atomic E-state index is 9.40. The third-order valence-corrected chi connectivity index (χ3v) is 3.20. The number of rotatable bonds is 1. The van der Waals surface area contributed by atoms with Crippen molar-refractivity contribution in [1.82, 2.24) is 24.8 Å². The number of fused-ring (bicyclic) bond motifs is 3. The topological polar surface area (TPSA) is 76.2 Å². The van der Waals surface area contributed by atoms with Crippen molar-refractivity contribution in [1.29, 1.82) is 0 Å². The van der Waals surface area contributed by atoms with Crippen molar-refractivity contribution >= 4 is 16.4 Å². The predicted octanol–water partition coefficient (Wildman–Crippen LogP) is 2.05. The summed E-state index contributed by atoms with van der Waals surface area (Å²) in [7, 11) is 0. The highest BCUT2D eigenvalue weighted by Crippen LogP contribution is 2.28. The van der Waals surface area contributed by atoms with E-state index in [9.17, 15) is 5.11 Å². The molecule has 0 amide bonds. The maximum Gasteiger partial charge on any atom is 0.186 e. The van der Waals surface area contributed by atoms with Crippen LogP contribution < -0.4 is 0 Å². The van der Waals surface area contributed by atoms with E-state index in [1.165, 1.54) is 0 Å². The third kappa shape index (κ3) is 1.51. The highest BCUT2D eigenvalue weighted by Gasteiger charge is 2.11. The van der Waals surface area contributed by atoms with Crippen LogP contribution in [0, 0.1) is 0 Å². The monoisotopic (exact) mass is 263 g/mol. The van der Waals surface area contributed by atoms with Crippen LogP contribution in [0.5, 0.6) is 5.75 Å². The molecule has 6 nitrogen and oxygen atoms in total. The summed E-state index contributed by atoms with van der Waals surface area (Å²) in [6, 6.07) is 8.83. The summed E-state index contributed by atoms with van der Waals surface area (Å²) in [5.41, 5.74) is 2.39. The van der Waals surface area contributed by atoms with Crippen molar-refractivity contribution in [3.63, 3.8) is 0 Å². The average molecular weight is 263 g/mol. The van der Waals surface area contributed by atoms with Crippen molar-refractivity contribution in [2.45, 2.75) is 0 Å². The SMILES string of the molecule is Oc1ccc(-c2nn3cnnc3c3cnccc23)cc1. The van der Waals surface area contributed by atoms with E-state index >= 15 is 0 Å². The quantitative estimate of drug-likeness (QED) is 0.568. The summed E-state index contributed by atoms with van der Waals surface area (Å²) < 4.78 is 1.63. The molecule has 3 heterocycles. The second kappa shape index (κ2) is 3.99. The molecule has 1 aromatic carbocycles. The Bertz CT molecular complexity index is 914. The van der Waals surface area contributed by atoms with E-state index in [4.69, 9.17) is 0 Å². The number of benzene rings is 1. The van der Waals surface area contributed by atoms with Crippen LogP contribution in [0.25, 0.3) is 27.7 Å². The molecule has 0 atom stereocenters. The third-order valence-electron chi connectivity index (χ3n) is 3.20. The van der Waals surface area contributed by atoms with Crippen LogP contribution in [-0.2, 0) is 0 Å². The minimum absolute atomic E-state index is 0.227. The number of phenolic OH excluding ortho intramolecular Hbond substituents is 1. The Morgan fingerprint density at radius 1 is 1.00 bits per heavy atom. The second-order valence-electron chi connectivity index (χ2n) is 4.42. The number of nitrogens with zero attached hydrogens (tertiary/aromatic N) is 5. The molecule has 96 valence electrons. The Labute approximate surface area is 113 Å². The summed E-state index contributed by atoms with van der Waals surface area (Å²) >= 11 is 0. The van der Waals surface area contributed by atoms with Gasteiger partial charge in [-0.3, -0.25) is 4.98 Å². The zero-order valence-electron chi connectivity index (χ0n) is 10.3. The van der Waals surface area contributed by atoms with Gasteiger partial charge in [-0.05, 0) is 30.3 Å². The van der Waals surface area contributed by atoms with Crippen molar-refractivity contribution in [2.24, 2.45) is 0 Å². The lowest BCUT2D eigenvalue weighted by Gasteiger charge is -2.06. The van der Waals surface area contributed by atoms with Gasteiger partial charge in [-0.15, -0.1) is 10.2 Å². The molecule has 0 fully saturated rings. The molecule has 0 unspecified atom stereocenters. The number of pyridine rings is 1. The summed E-state index contributed by atoms with van der Waals surface area (Å²) in [6.45, 7) is 0. The molecule has 1 N–H and O–H groups in total. The van der Waals surface area contributed by atoms with Crippen molar-refractivity contribution < 1.29 is 5.11 Å². The fourth-order valence-corrected chi connectivity index (χ4v) is 2.25. The number of aromatic nitrogens is 5. The van der Waals surface area contributed by atoms with Gasteiger partial charge < -0.3 is 5.11 Å². The molecular formula is C14H9N5O. The van der Waals surface area contributed by atoms with Crippen molar-refractivity contribution in [3.8, 4) is 17.0 Å². The van der Waals surface area contributed by atoms with E-state index < -0.39 is 0 Å². The minimum atomic E-state index is 0.227. The Kier molecular flexibility index (Phi) is 2.17. The van der Waals surface area contributed by atoms with Crippen LogP contribution in [-0.4, -0.2) is 29.9 Å². The molecule has 4 rings (SSSR count). The zero-order valence-corrected chi connectivity index (χ0v) is 10.3. The second-order valence-corrected chi connectivity index (χ2v) is 4.42. The molecular weight excluding hydrogens is 254 g/mol. The van der Waals surface area contributed by atoms with Gasteiger partial charge in [0, 0.05) is 28.7 Å². The predicted molar refractivity (Wildman–Crippen MR) is 73.2 cm³/mol. The molecule has 0 radical (unpaired) electrons. The van der Waals surface area contributed by atoms with Gasteiger partial charge in [-0.25, -0.2) is 0 Å². The molecule has 0 bridgehead atoms. The highest BCUT2D eigenvalue weighted by molar-refractivity contribution is 6.00. The minimum Gasteiger partial charge on any atom is -0.508 e. The van der Waals surface area contributed by atoms with E-state index in [1.807, 2.05) is 18.2 Å². The van der Waals surface area contributed by atoms with Crippen LogP contribution in [0.15, 0.2) is 49.1 Å². The summed E-state index contributed by atoms with van der Waals surface area (Å²) in [4.78, 5) is 4.14. The first-order valence-electron chi connectivity index (χ1n) is 6.06. The Hall–Kier alpha value is -3.02. The van der Waals surface area contributed by atoms with Gasteiger partial charge in [0.05, 0.1) is 5.69 Å². The molecule has 20 heavy (non-hydrogen) atoms. The van der Waals surface area contributed by atoms with E-state index in [-0.39, 0.29) is 5.75 Å². The molecule has 3 aromatic heterocycles. The van der Waals surface area contributed by atoms with E-state index in [0.29, 0.717) is 5.65 Å². The molecule has 0 saturated carbocycles. The fourth-order valence-electron chi connectivity index (χ4n) is 2.25. The fraction of sp³-hybridized carbons (Fsp3) is 0. The lowest BCUT2D eigenvalue weighted by Crippen LogP contribution is -1.96. The Morgan fingerprint density at radius 3 is 2.70 bits per heavy atom. The molecule has 0 aliphatic carbocycles. The van der Waals surface area contributed by atoms with Crippen molar-refractivity contribution in [2.75, 3.05) is 0 Å². The van der Waals surface area contributed by atoms with Gasteiger partial charge in [-0.1, -0.05) is 0 Å². The van der Waals surface area contributed by atoms with Crippen LogP contribution in [0.4, 0.5) is 0 Å². The summed E-state index contributed by atoms with van der Waals surface area (Å²) in [5.74, 6) is 0.227. The molecule has 0 spiro atoms. The number of phenols is 1. The Balaban J connectivity index is 2.13. The van der Waals surface area contributed by atoms with Gasteiger partial charge in [-0.2, -0.15) is 9.61 Å². The Morgan fingerprint density at radius 2 is 1.85 bits per heavy atom. The molecule has 0 aliphatic rings. The first kappa shape index (κ1) is 10.9. The molecule has 4 aromatic rings.